The number of nitrogens with zero attached hydrogens (tertiary/aromatic N) is 3. The molecule has 22 heavy (non-hydrogen) atoms. The zero-order valence-corrected chi connectivity index (χ0v) is 13.0. The number of benzene rings is 1. The number of hydrogen-bond acceptors (Lipinski definition) is 4. The number of aryl methyl sites for hydroxylation is 1. The maximum absolute atomic E-state index is 12.5. The maximum Gasteiger partial charge on any atom is 0.279 e. The predicted molar refractivity (Wildman–Crippen MR) is 92.2 cm³/mol. The van der Waals surface area contributed by atoms with E-state index in [0.29, 0.717) is 12.3 Å². The van der Waals surface area contributed by atoms with Gasteiger partial charge in [-0.15, -0.1) is 23.0 Å². The summed E-state index contributed by atoms with van der Waals surface area (Å²) in [5, 5.41) is 8.23. The minimum absolute atomic E-state index is 0.138. The molecule has 0 atom stereocenters. The number of anilines is 1. The van der Waals surface area contributed by atoms with Gasteiger partial charge >= 0.3 is 0 Å². The monoisotopic (exact) mass is 309 g/mol. The summed E-state index contributed by atoms with van der Waals surface area (Å²) in [6, 6.07) is 11.6. The molecule has 0 radical (unpaired) electrons. The Bertz CT molecular complexity index is 789. The summed E-state index contributed by atoms with van der Waals surface area (Å²) >= 11 is 1.64. The number of carbonyl (C=O) groups is 1. The third kappa shape index (κ3) is 2.63. The normalized spacial score (nSPS) is 15.8. The van der Waals surface area contributed by atoms with Gasteiger partial charge in [0.1, 0.15) is 0 Å². The van der Waals surface area contributed by atoms with Gasteiger partial charge in [0.15, 0.2) is 5.71 Å². The van der Waals surface area contributed by atoms with Crippen LogP contribution in [0.2, 0.25) is 0 Å². The summed E-state index contributed by atoms with van der Waals surface area (Å²) in [7, 11) is 0. The summed E-state index contributed by atoms with van der Waals surface area (Å²) in [4.78, 5) is 16.4. The van der Waals surface area contributed by atoms with Gasteiger partial charge in [0.2, 0.25) is 0 Å². The van der Waals surface area contributed by atoms with E-state index in [1.165, 1.54) is 4.88 Å². The van der Waals surface area contributed by atoms with E-state index in [4.69, 9.17) is 0 Å². The zero-order valence-electron chi connectivity index (χ0n) is 12.2. The highest BCUT2D eigenvalue weighted by Gasteiger charge is 2.32. The third-order valence-electron chi connectivity index (χ3n) is 3.31. The highest BCUT2D eigenvalue weighted by Crippen LogP contribution is 2.29. The van der Waals surface area contributed by atoms with Crippen molar-refractivity contribution < 1.29 is 4.79 Å². The molecule has 1 aromatic heterocycles. The van der Waals surface area contributed by atoms with Gasteiger partial charge in [-0.25, -0.2) is 0 Å². The molecule has 0 saturated carbocycles. The summed E-state index contributed by atoms with van der Waals surface area (Å²) < 4.78 is 0. The molecule has 0 spiro atoms. The number of thiophene rings is 1. The summed E-state index contributed by atoms with van der Waals surface area (Å²) in [6.45, 7) is 6.20. The predicted octanol–water partition coefficient (Wildman–Crippen LogP) is 3.41. The van der Waals surface area contributed by atoms with Crippen molar-refractivity contribution in [2.45, 2.75) is 6.92 Å². The van der Waals surface area contributed by atoms with Crippen LogP contribution in [0.1, 0.15) is 15.3 Å². The fourth-order valence-electron chi connectivity index (χ4n) is 2.34. The van der Waals surface area contributed by atoms with E-state index < -0.39 is 0 Å². The molecule has 1 aliphatic heterocycles. The first-order valence-corrected chi connectivity index (χ1v) is 7.72. The van der Waals surface area contributed by atoms with Crippen LogP contribution in [-0.4, -0.2) is 24.4 Å². The summed E-state index contributed by atoms with van der Waals surface area (Å²) in [5.41, 5.74) is 2.05. The Kier molecular flexibility index (Phi) is 3.98. The highest BCUT2D eigenvalue weighted by molar-refractivity contribution is 7.13. The molecule has 0 bridgehead atoms. The Morgan fingerprint density at radius 3 is 2.82 bits per heavy atom. The smallest absolute Gasteiger partial charge is 0.279 e. The van der Waals surface area contributed by atoms with Gasteiger partial charge < -0.3 is 4.90 Å². The van der Waals surface area contributed by atoms with E-state index in [1.807, 2.05) is 43.3 Å². The number of hydrogen-bond donors (Lipinski definition) is 0. The molecular weight excluding hydrogens is 294 g/mol. The van der Waals surface area contributed by atoms with Crippen LogP contribution >= 0.6 is 11.3 Å². The lowest BCUT2D eigenvalue weighted by molar-refractivity contribution is -0.112. The van der Waals surface area contributed by atoms with Gasteiger partial charge in [0.25, 0.3) is 5.91 Å². The van der Waals surface area contributed by atoms with Crippen LogP contribution in [0.4, 0.5) is 5.69 Å². The van der Waals surface area contributed by atoms with Crippen LogP contribution in [0.5, 0.6) is 0 Å². The molecule has 0 aliphatic carbocycles. The van der Waals surface area contributed by atoms with Crippen molar-refractivity contribution in [2.75, 3.05) is 11.4 Å². The molecule has 2 aromatic rings. The van der Waals surface area contributed by atoms with Gasteiger partial charge in [0.05, 0.1) is 11.9 Å². The topological polar surface area (TPSA) is 45.0 Å². The fourth-order valence-corrected chi connectivity index (χ4v) is 3.08. The standard InChI is InChI=1S/C17H15N3OS/c1-3-10-20-15-7-5-4-6-14(15)16(17(20)21)19-18-11-13-9-8-12(2)22-13/h3-9,11H,1,10H2,2H3/b18-11+,19-16+. The third-order valence-corrected chi connectivity index (χ3v) is 4.25. The molecule has 4 nitrogen and oxygen atoms in total. The van der Waals surface area contributed by atoms with Crippen molar-refractivity contribution >= 4 is 34.9 Å². The van der Waals surface area contributed by atoms with Gasteiger partial charge in [-0.05, 0) is 25.1 Å². The van der Waals surface area contributed by atoms with E-state index in [9.17, 15) is 4.79 Å². The second-order valence-corrected chi connectivity index (χ2v) is 6.18. The largest absolute Gasteiger partial charge is 0.302 e. The molecule has 0 N–H and O–H groups in total. The first-order chi connectivity index (χ1) is 10.7. The van der Waals surface area contributed by atoms with Crippen LogP contribution in [0.15, 0.2) is 59.3 Å². The van der Waals surface area contributed by atoms with Crippen molar-refractivity contribution in [3.05, 3.63) is 64.4 Å². The van der Waals surface area contributed by atoms with Gasteiger partial charge in [-0.3, -0.25) is 4.79 Å². The summed E-state index contributed by atoms with van der Waals surface area (Å²) in [6.07, 6.45) is 3.38. The molecular formula is C17H15N3OS. The number of para-hydroxylation sites is 1. The molecule has 5 heteroatoms. The Morgan fingerprint density at radius 1 is 1.27 bits per heavy atom. The minimum atomic E-state index is -0.138. The minimum Gasteiger partial charge on any atom is -0.302 e. The van der Waals surface area contributed by atoms with E-state index in [0.717, 1.165) is 16.1 Å². The second-order valence-electron chi connectivity index (χ2n) is 4.86. The van der Waals surface area contributed by atoms with E-state index in [2.05, 4.69) is 16.8 Å². The Labute approximate surface area is 133 Å². The lowest BCUT2D eigenvalue weighted by Gasteiger charge is -2.13. The quantitative estimate of drug-likeness (QED) is 0.485. The first kappa shape index (κ1) is 14.4. The molecule has 110 valence electrons. The Morgan fingerprint density at radius 2 is 2.09 bits per heavy atom. The molecule has 0 fully saturated rings. The Balaban J connectivity index is 1.93. The average Bonchev–Trinajstić information content (AvgIpc) is 3.04. The maximum atomic E-state index is 12.5. The molecule has 1 amide bonds. The van der Waals surface area contributed by atoms with Crippen LogP contribution in [0.3, 0.4) is 0 Å². The van der Waals surface area contributed by atoms with Crippen molar-refractivity contribution in [1.29, 1.82) is 0 Å². The van der Waals surface area contributed by atoms with Crippen LogP contribution < -0.4 is 4.90 Å². The van der Waals surface area contributed by atoms with Crippen LogP contribution in [-0.2, 0) is 4.79 Å². The molecule has 1 aliphatic rings. The highest BCUT2D eigenvalue weighted by atomic mass is 32.1. The number of amides is 1. The molecule has 0 saturated heterocycles. The number of fused-ring (bicyclic) bond motifs is 1. The lowest BCUT2D eigenvalue weighted by Crippen LogP contribution is -2.30. The van der Waals surface area contributed by atoms with Crippen LogP contribution in [0, 0.1) is 6.92 Å². The van der Waals surface area contributed by atoms with E-state index in [-0.39, 0.29) is 5.91 Å². The van der Waals surface area contributed by atoms with Crippen molar-refractivity contribution in [1.82, 2.24) is 0 Å². The van der Waals surface area contributed by atoms with E-state index >= 15 is 0 Å². The lowest BCUT2D eigenvalue weighted by atomic mass is 10.1. The average molecular weight is 309 g/mol. The van der Waals surface area contributed by atoms with Crippen molar-refractivity contribution in [2.24, 2.45) is 10.2 Å². The zero-order chi connectivity index (χ0) is 15.5. The van der Waals surface area contributed by atoms with Gasteiger partial charge in [0, 0.05) is 21.9 Å². The SMILES string of the molecule is C=CCN1C(=O)/C(=N/N=C/c2ccc(C)s2)c2ccccc21. The van der Waals surface area contributed by atoms with Gasteiger partial charge in [-0.2, -0.15) is 5.10 Å². The number of carbonyl (C=O) groups excluding carboxylic acids is 1. The molecule has 3 rings (SSSR count). The molecule has 0 unspecified atom stereocenters. The van der Waals surface area contributed by atoms with Gasteiger partial charge in [-0.1, -0.05) is 24.3 Å². The molecule has 1 aromatic carbocycles. The Hall–Kier alpha value is -2.53. The molecule has 2 heterocycles. The fraction of sp³-hybridized carbons (Fsp3) is 0.118. The number of rotatable bonds is 4. The second kappa shape index (κ2) is 6.07. The first-order valence-electron chi connectivity index (χ1n) is 6.90. The van der Waals surface area contributed by atoms with Crippen molar-refractivity contribution in [3.8, 4) is 0 Å². The summed E-state index contributed by atoms with van der Waals surface area (Å²) in [5.74, 6) is -0.138. The van der Waals surface area contributed by atoms with E-state index in [1.54, 1.807) is 28.5 Å². The van der Waals surface area contributed by atoms with Crippen molar-refractivity contribution in [3.63, 3.8) is 0 Å². The van der Waals surface area contributed by atoms with Crippen LogP contribution in [0.25, 0.3) is 0 Å².